The van der Waals surface area contributed by atoms with Gasteiger partial charge in [0.1, 0.15) is 30.3 Å². The number of rotatable bonds is 11. The lowest BCUT2D eigenvalue weighted by Gasteiger charge is -2.14. The second-order valence-corrected chi connectivity index (χ2v) is 8.73. The van der Waals surface area contributed by atoms with Crippen LogP contribution in [0.5, 0.6) is 11.5 Å². The van der Waals surface area contributed by atoms with Crippen LogP contribution in [-0.2, 0) is 11.4 Å². The smallest absolute Gasteiger partial charge is 0.255 e. The molecule has 0 fully saturated rings. The summed E-state index contributed by atoms with van der Waals surface area (Å²) in [5.74, 6) is 1.49. The summed E-state index contributed by atoms with van der Waals surface area (Å²) >= 11 is 0. The first-order chi connectivity index (χ1) is 19.1. The van der Waals surface area contributed by atoms with Crippen LogP contribution in [0.4, 0.5) is 17.3 Å². The third kappa shape index (κ3) is 6.19. The maximum atomic E-state index is 12.5. The predicted octanol–water partition coefficient (Wildman–Crippen LogP) is 5.89. The maximum Gasteiger partial charge on any atom is 0.255 e. The van der Waals surface area contributed by atoms with E-state index >= 15 is 0 Å². The fraction of sp³-hybridized carbons (Fsp3) is 0.0968. The normalized spacial score (nSPS) is 10.7. The van der Waals surface area contributed by atoms with Gasteiger partial charge in [-0.3, -0.25) is 14.5 Å². The number of amides is 2. The topological polar surface area (TPSA) is 107 Å². The van der Waals surface area contributed by atoms with E-state index < -0.39 is 0 Å². The van der Waals surface area contributed by atoms with Gasteiger partial charge in [0.25, 0.3) is 5.91 Å². The second kappa shape index (κ2) is 11.9. The van der Waals surface area contributed by atoms with E-state index in [0.717, 1.165) is 16.7 Å². The van der Waals surface area contributed by atoms with Crippen LogP contribution in [0.15, 0.2) is 108 Å². The molecule has 0 radical (unpaired) electrons. The number of para-hydroxylation sites is 3. The molecule has 39 heavy (non-hydrogen) atoms. The van der Waals surface area contributed by atoms with E-state index in [0.29, 0.717) is 47.2 Å². The summed E-state index contributed by atoms with van der Waals surface area (Å²) in [4.78, 5) is 25.8. The lowest BCUT2D eigenvalue weighted by atomic mass is 10.1. The highest BCUT2D eigenvalue weighted by molar-refractivity contribution is 6.05. The van der Waals surface area contributed by atoms with Gasteiger partial charge in [-0.15, -0.1) is 0 Å². The Bertz CT molecular complexity index is 1560. The maximum absolute atomic E-state index is 12.5. The van der Waals surface area contributed by atoms with Crippen LogP contribution >= 0.6 is 0 Å². The number of carbonyl (C=O) groups excluding carboxylic acids is 2. The summed E-state index contributed by atoms with van der Waals surface area (Å²) in [6.45, 7) is 0.873. The number of nitrogen functional groups attached to an aromatic ring is 1. The highest BCUT2D eigenvalue weighted by Gasteiger charge is 2.15. The molecule has 0 saturated heterocycles. The van der Waals surface area contributed by atoms with Crippen molar-refractivity contribution >= 4 is 40.5 Å². The number of nitrogens with one attached hydrogen (secondary N) is 1. The van der Waals surface area contributed by atoms with Gasteiger partial charge in [0.2, 0.25) is 12.3 Å². The fourth-order valence-electron chi connectivity index (χ4n) is 4.04. The van der Waals surface area contributed by atoms with Gasteiger partial charge in [-0.05, 0) is 54.6 Å². The Balaban J connectivity index is 1.18. The average Bonchev–Trinajstić information content (AvgIpc) is 3.41. The molecule has 2 amide bonds. The largest absolute Gasteiger partial charge is 0.492 e. The minimum Gasteiger partial charge on any atom is -0.492 e. The molecule has 5 rings (SSSR count). The highest BCUT2D eigenvalue weighted by atomic mass is 16.5. The van der Waals surface area contributed by atoms with Crippen LogP contribution in [0, 0.1) is 0 Å². The average molecular weight is 522 g/mol. The summed E-state index contributed by atoms with van der Waals surface area (Å²) < 4.78 is 17.6. The summed E-state index contributed by atoms with van der Waals surface area (Å²) in [7, 11) is 0. The molecule has 0 aliphatic heterocycles. The van der Waals surface area contributed by atoms with Gasteiger partial charge < -0.3 is 24.9 Å². The molecule has 1 heterocycles. The number of hydrogen-bond acceptors (Lipinski definition) is 6. The minimum atomic E-state index is -0.273. The van der Waals surface area contributed by atoms with E-state index in [1.54, 1.807) is 48.5 Å². The van der Waals surface area contributed by atoms with Crippen LogP contribution in [0.2, 0.25) is 0 Å². The number of benzene rings is 4. The van der Waals surface area contributed by atoms with Crippen molar-refractivity contribution in [2.45, 2.75) is 6.61 Å². The van der Waals surface area contributed by atoms with Crippen LogP contribution in [-0.4, -0.2) is 25.5 Å². The zero-order chi connectivity index (χ0) is 27.0. The van der Waals surface area contributed by atoms with Crippen LogP contribution in [0.3, 0.4) is 0 Å². The van der Waals surface area contributed by atoms with Crippen molar-refractivity contribution in [3.8, 4) is 11.5 Å². The van der Waals surface area contributed by atoms with Gasteiger partial charge in [0.15, 0.2) is 0 Å². The number of nitrogens with two attached hydrogens (primary N) is 1. The van der Waals surface area contributed by atoms with Gasteiger partial charge in [-0.1, -0.05) is 42.5 Å². The van der Waals surface area contributed by atoms with E-state index in [2.05, 4.69) is 5.32 Å². The molecule has 0 bridgehead atoms. The van der Waals surface area contributed by atoms with Crippen molar-refractivity contribution in [3.63, 3.8) is 0 Å². The summed E-state index contributed by atoms with van der Waals surface area (Å²) in [6, 6.07) is 30.9. The Morgan fingerprint density at radius 3 is 2.38 bits per heavy atom. The summed E-state index contributed by atoms with van der Waals surface area (Å²) in [6.07, 6.45) is 0.712. The van der Waals surface area contributed by atoms with Gasteiger partial charge in [0.05, 0.1) is 17.9 Å². The van der Waals surface area contributed by atoms with E-state index in [4.69, 9.17) is 19.6 Å². The molecule has 0 aliphatic carbocycles. The van der Waals surface area contributed by atoms with Crippen LogP contribution in [0.1, 0.15) is 15.9 Å². The van der Waals surface area contributed by atoms with Crippen LogP contribution < -0.4 is 25.4 Å². The van der Waals surface area contributed by atoms with Crippen molar-refractivity contribution in [1.29, 1.82) is 0 Å². The van der Waals surface area contributed by atoms with E-state index in [-0.39, 0.29) is 19.1 Å². The number of anilines is 3. The van der Waals surface area contributed by atoms with Crippen molar-refractivity contribution in [3.05, 3.63) is 114 Å². The molecule has 8 heteroatoms. The summed E-state index contributed by atoms with van der Waals surface area (Å²) in [5, 5.41) is 3.67. The van der Waals surface area contributed by atoms with Gasteiger partial charge >= 0.3 is 0 Å². The van der Waals surface area contributed by atoms with E-state index in [9.17, 15) is 9.59 Å². The zero-order valence-electron chi connectivity index (χ0n) is 21.1. The van der Waals surface area contributed by atoms with Crippen molar-refractivity contribution in [2.75, 3.05) is 29.1 Å². The molecule has 196 valence electrons. The number of nitrogens with zero attached hydrogens (tertiary/aromatic N) is 1. The minimum absolute atomic E-state index is 0.228. The predicted molar refractivity (Wildman–Crippen MR) is 151 cm³/mol. The van der Waals surface area contributed by atoms with Crippen LogP contribution in [0.25, 0.3) is 11.0 Å². The number of hydrogen-bond donors (Lipinski definition) is 2. The van der Waals surface area contributed by atoms with E-state index in [1.807, 2.05) is 54.6 Å². The molecule has 5 aromatic rings. The number of fused-ring (bicyclic) bond motifs is 1. The standard InChI is InChI=1S/C31H27N3O5/c32-27-10-4-5-11-28(27)33-31(36)22-13-15-25(16-14-22)37-18-17-34(21-35)30-19-26-23(7-6-12-29(26)39-30)20-38-24-8-2-1-3-9-24/h1-16,19,21H,17-18,20,32H2,(H,33,36). The Morgan fingerprint density at radius 1 is 0.872 bits per heavy atom. The number of ether oxygens (including phenoxy) is 2. The number of furan rings is 1. The molecular formula is C31H27N3O5. The fourth-order valence-corrected chi connectivity index (χ4v) is 4.04. The number of carbonyl (C=O) groups is 2. The first-order valence-electron chi connectivity index (χ1n) is 12.4. The molecule has 0 saturated carbocycles. The molecule has 0 aliphatic rings. The Labute approximate surface area is 225 Å². The molecule has 0 spiro atoms. The third-order valence-electron chi connectivity index (χ3n) is 6.11. The molecule has 1 aromatic heterocycles. The summed E-state index contributed by atoms with van der Waals surface area (Å²) in [5.41, 5.74) is 9.02. The van der Waals surface area contributed by atoms with Crippen molar-refractivity contribution < 1.29 is 23.5 Å². The molecule has 3 N–H and O–H groups in total. The van der Waals surface area contributed by atoms with Gasteiger partial charge in [-0.2, -0.15) is 0 Å². The highest BCUT2D eigenvalue weighted by Crippen LogP contribution is 2.29. The zero-order valence-corrected chi connectivity index (χ0v) is 21.1. The Kier molecular flexibility index (Phi) is 7.73. The second-order valence-electron chi connectivity index (χ2n) is 8.73. The molecular weight excluding hydrogens is 494 g/mol. The van der Waals surface area contributed by atoms with Crippen molar-refractivity contribution in [1.82, 2.24) is 0 Å². The molecule has 0 unspecified atom stereocenters. The lowest BCUT2D eigenvalue weighted by molar-refractivity contribution is -0.107. The van der Waals surface area contributed by atoms with Gasteiger partial charge in [-0.25, -0.2) is 0 Å². The monoisotopic (exact) mass is 521 g/mol. The first-order valence-corrected chi connectivity index (χ1v) is 12.4. The first kappa shape index (κ1) is 25.4. The van der Waals surface area contributed by atoms with Gasteiger partial charge in [0, 0.05) is 22.6 Å². The lowest BCUT2D eigenvalue weighted by Crippen LogP contribution is -2.26. The quantitative estimate of drug-likeness (QED) is 0.166. The Hall–Kier alpha value is -5.24. The van der Waals surface area contributed by atoms with E-state index in [1.165, 1.54) is 4.90 Å². The molecule has 0 atom stereocenters. The van der Waals surface area contributed by atoms with Crippen molar-refractivity contribution in [2.24, 2.45) is 0 Å². The Morgan fingerprint density at radius 2 is 1.62 bits per heavy atom. The third-order valence-corrected chi connectivity index (χ3v) is 6.11. The molecule has 4 aromatic carbocycles. The SMILES string of the molecule is Nc1ccccc1NC(=O)c1ccc(OCCN(C=O)c2cc3c(COc4ccccc4)cccc3o2)cc1. The molecule has 8 nitrogen and oxygen atoms in total.